The van der Waals surface area contributed by atoms with Crippen LogP contribution in [0.15, 0.2) is 47.5 Å². The fourth-order valence-electron chi connectivity index (χ4n) is 2.34. The van der Waals surface area contributed by atoms with Crippen molar-refractivity contribution in [1.82, 2.24) is 4.98 Å². The molecule has 0 saturated carbocycles. The van der Waals surface area contributed by atoms with Crippen LogP contribution in [-0.4, -0.2) is 11.8 Å². The van der Waals surface area contributed by atoms with Crippen LogP contribution in [0.2, 0.25) is 5.02 Å². The van der Waals surface area contributed by atoms with Gasteiger partial charge >= 0.3 is 0 Å². The molecule has 0 amide bonds. The number of rotatable bonds is 3. The number of thioether (sulfide) groups is 1. The highest BCUT2D eigenvalue weighted by atomic mass is 35.5. The number of aromatic nitrogens is 1. The van der Waals surface area contributed by atoms with Crippen molar-refractivity contribution < 1.29 is 9.47 Å². The first-order valence-corrected chi connectivity index (χ1v) is 7.94. The van der Waals surface area contributed by atoms with Gasteiger partial charge in [0, 0.05) is 21.7 Å². The van der Waals surface area contributed by atoms with Crippen LogP contribution in [0, 0.1) is 0 Å². The molecule has 0 spiro atoms. The van der Waals surface area contributed by atoms with Crippen LogP contribution in [0.25, 0.3) is 10.9 Å². The van der Waals surface area contributed by atoms with E-state index in [1.165, 1.54) is 10.9 Å². The van der Waals surface area contributed by atoms with Gasteiger partial charge in [-0.15, -0.1) is 11.8 Å². The van der Waals surface area contributed by atoms with Crippen molar-refractivity contribution in [3.05, 3.63) is 53.1 Å². The molecule has 1 aromatic heterocycles. The van der Waals surface area contributed by atoms with E-state index in [1.807, 2.05) is 30.3 Å². The number of hydrogen-bond donors (Lipinski definition) is 1. The molecule has 0 atom stereocenters. The summed E-state index contributed by atoms with van der Waals surface area (Å²) in [6.07, 6.45) is 0. The number of benzene rings is 2. The molecular formula is C16H12ClNO2S. The first kappa shape index (κ1) is 12.9. The summed E-state index contributed by atoms with van der Waals surface area (Å²) in [5.41, 5.74) is 2.27. The second-order valence-electron chi connectivity index (χ2n) is 4.84. The number of halogens is 1. The second-order valence-corrected chi connectivity index (χ2v) is 6.30. The molecule has 4 rings (SSSR count). The lowest BCUT2D eigenvalue weighted by molar-refractivity contribution is 0.174. The van der Waals surface area contributed by atoms with Crippen molar-refractivity contribution >= 4 is 34.3 Å². The van der Waals surface area contributed by atoms with Crippen molar-refractivity contribution in [1.29, 1.82) is 0 Å². The Labute approximate surface area is 131 Å². The quantitative estimate of drug-likeness (QED) is 0.702. The van der Waals surface area contributed by atoms with E-state index in [0.29, 0.717) is 6.79 Å². The predicted molar refractivity (Wildman–Crippen MR) is 85.4 cm³/mol. The summed E-state index contributed by atoms with van der Waals surface area (Å²) in [5, 5.41) is 3.05. The van der Waals surface area contributed by atoms with E-state index in [1.54, 1.807) is 11.8 Å². The third-order valence-corrected chi connectivity index (χ3v) is 4.63. The first-order chi connectivity index (χ1) is 10.3. The van der Waals surface area contributed by atoms with Crippen LogP contribution in [0.3, 0.4) is 0 Å². The van der Waals surface area contributed by atoms with Crippen LogP contribution in [-0.2, 0) is 5.75 Å². The SMILES string of the molecule is Clc1ccc2cc(SCc3ccc4c(c3)OCO4)[nH]c2c1. The zero-order valence-electron chi connectivity index (χ0n) is 11.1. The molecule has 1 aliphatic rings. The molecule has 3 aromatic rings. The summed E-state index contributed by atoms with van der Waals surface area (Å²) in [5.74, 6) is 2.53. The van der Waals surface area contributed by atoms with Crippen LogP contribution in [0.1, 0.15) is 5.56 Å². The minimum absolute atomic E-state index is 0.314. The average Bonchev–Trinajstić information content (AvgIpc) is 3.09. The van der Waals surface area contributed by atoms with Gasteiger partial charge in [-0.2, -0.15) is 0 Å². The molecule has 0 unspecified atom stereocenters. The highest BCUT2D eigenvalue weighted by molar-refractivity contribution is 7.98. The topological polar surface area (TPSA) is 34.2 Å². The van der Waals surface area contributed by atoms with Gasteiger partial charge in [0.05, 0.1) is 5.03 Å². The minimum Gasteiger partial charge on any atom is -0.454 e. The van der Waals surface area contributed by atoms with E-state index in [4.69, 9.17) is 21.1 Å². The monoisotopic (exact) mass is 317 g/mol. The third-order valence-electron chi connectivity index (χ3n) is 3.39. The van der Waals surface area contributed by atoms with Gasteiger partial charge in [-0.25, -0.2) is 0 Å². The Morgan fingerprint density at radius 3 is 2.90 bits per heavy atom. The number of H-pyrrole nitrogens is 1. The number of hydrogen-bond acceptors (Lipinski definition) is 3. The molecule has 0 radical (unpaired) electrons. The number of nitrogens with one attached hydrogen (secondary N) is 1. The molecule has 1 N–H and O–H groups in total. The third kappa shape index (κ3) is 2.57. The summed E-state index contributed by atoms with van der Waals surface area (Å²) < 4.78 is 10.7. The van der Waals surface area contributed by atoms with Gasteiger partial charge in [-0.1, -0.05) is 23.7 Å². The maximum Gasteiger partial charge on any atom is 0.231 e. The smallest absolute Gasteiger partial charge is 0.231 e. The molecular weight excluding hydrogens is 306 g/mol. The van der Waals surface area contributed by atoms with E-state index in [2.05, 4.69) is 17.1 Å². The predicted octanol–water partition coefficient (Wildman–Crippen LogP) is 4.84. The summed E-state index contributed by atoms with van der Waals surface area (Å²) in [4.78, 5) is 3.38. The van der Waals surface area contributed by atoms with Crippen LogP contribution in [0.5, 0.6) is 11.5 Å². The normalized spacial score (nSPS) is 13.0. The Balaban J connectivity index is 1.52. The molecule has 0 fully saturated rings. The molecule has 21 heavy (non-hydrogen) atoms. The summed E-state index contributed by atoms with van der Waals surface area (Å²) in [6.45, 7) is 0.314. The van der Waals surface area contributed by atoms with Crippen LogP contribution in [0.4, 0.5) is 0 Å². The maximum absolute atomic E-state index is 6.00. The second kappa shape index (κ2) is 5.20. The Morgan fingerprint density at radius 1 is 1.05 bits per heavy atom. The maximum atomic E-state index is 6.00. The highest BCUT2D eigenvalue weighted by Gasteiger charge is 2.13. The Morgan fingerprint density at radius 2 is 1.95 bits per heavy atom. The zero-order valence-corrected chi connectivity index (χ0v) is 12.6. The van der Waals surface area contributed by atoms with Gasteiger partial charge in [0.1, 0.15) is 0 Å². The standard InChI is InChI=1S/C16H12ClNO2S/c17-12-3-2-11-6-16(18-13(11)7-12)21-8-10-1-4-14-15(5-10)20-9-19-14/h1-7,18H,8-9H2. The lowest BCUT2D eigenvalue weighted by Crippen LogP contribution is -1.92. The number of ether oxygens (including phenoxy) is 2. The Hall–Kier alpha value is -1.78. The van der Waals surface area contributed by atoms with E-state index in [0.717, 1.165) is 32.8 Å². The number of aromatic amines is 1. The molecule has 0 bridgehead atoms. The van der Waals surface area contributed by atoms with Gasteiger partial charge < -0.3 is 14.5 Å². The fourth-order valence-corrected chi connectivity index (χ4v) is 3.41. The lowest BCUT2D eigenvalue weighted by Gasteiger charge is -2.02. The molecule has 3 nitrogen and oxygen atoms in total. The molecule has 2 aromatic carbocycles. The number of fused-ring (bicyclic) bond motifs is 2. The molecule has 2 heterocycles. The van der Waals surface area contributed by atoms with E-state index in [-0.39, 0.29) is 0 Å². The minimum atomic E-state index is 0.314. The van der Waals surface area contributed by atoms with Gasteiger partial charge in [-0.3, -0.25) is 0 Å². The fraction of sp³-hybridized carbons (Fsp3) is 0.125. The highest BCUT2D eigenvalue weighted by Crippen LogP contribution is 2.34. The first-order valence-electron chi connectivity index (χ1n) is 6.57. The summed E-state index contributed by atoms with van der Waals surface area (Å²) >= 11 is 7.76. The Bertz CT molecular complexity index is 815. The Kier molecular flexibility index (Phi) is 3.20. The van der Waals surface area contributed by atoms with Crippen molar-refractivity contribution in [3.63, 3.8) is 0 Å². The largest absolute Gasteiger partial charge is 0.454 e. The van der Waals surface area contributed by atoms with Gasteiger partial charge in [0.15, 0.2) is 11.5 Å². The lowest BCUT2D eigenvalue weighted by atomic mass is 10.2. The van der Waals surface area contributed by atoms with Crippen LogP contribution >= 0.6 is 23.4 Å². The zero-order chi connectivity index (χ0) is 14.2. The molecule has 5 heteroatoms. The van der Waals surface area contributed by atoms with E-state index < -0.39 is 0 Å². The van der Waals surface area contributed by atoms with Gasteiger partial charge in [0.25, 0.3) is 0 Å². The van der Waals surface area contributed by atoms with Crippen molar-refractivity contribution in [2.75, 3.05) is 6.79 Å². The van der Waals surface area contributed by atoms with E-state index >= 15 is 0 Å². The van der Waals surface area contributed by atoms with Crippen molar-refractivity contribution in [2.45, 2.75) is 10.8 Å². The van der Waals surface area contributed by atoms with Crippen LogP contribution < -0.4 is 9.47 Å². The molecule has 1 aliphatic heterocycles. The molecule has 106 valence electrons. The van der Waals surface area contributed by atoms with Crippen molar-refractivity contribution in [2.24, 2.45) is 0 Å². The van der Waals surface area contributed by atoms with Gasteiger partial charge in [0.2, 0.25) is 6.79 Å². The van der Waals surface area contributed by atoms with Crippen molar-refractivity contribution in [3.8, 4) is 11.5 Å². The summed E-state index contributed by atoms with van der Waals surface area (Å²) in [7, 11) is 0. The summed E-state index contributed by atoms with van der Waals surface area (Å²) in [6, 6.07) is 14.1. The average molecular weight is 318 g/mol. The van der Waals surface area contributed by atoms with E-state index in [9.17, 15) is 0 Å². The molecule has 0 saturated heterocycles. The van der Waals surface area contributed by atoms with Gasteiger partial charge in [-0.05, 0) is 35.9 Å². The molecule has 0 aliphatic carbocycles.